The molecule has 0 amide bonds. The molecule has 2 heterocycles. The van der Waals surface area contributed by atoms with Gasteiger partial charge in [0, 0.05) is 24.0 Å². The monoisotopic (exact) mass is 493 g/mol. The predicted molar refractivity (Wildman–Crippen MR) is 145 cm³/mol. The van der Waals surface area contributed by atoms with Crippen LogP contribution in [-0.4, -0.2) is 21.6 Å². The highest BCUT2D eigenvalue weighted by Gasteiger charge is 2.55. The Kier molecular flexibility index (Phi) is 5.49. The third kappa shape index (κ3) is 3.65. The average Bonchev–Trinajstić information content (AvgIpc) is 3.52. The second-order valence-corrected chi connectivity index (χ2v) is 11.5. The molecule has 190 valence electrons. The van der Waals surface area contributed by atoms with Gasteiger partial charge in [-0.3, -0.25) is 4.98 Å². The van der Waals surface area contributed by atoms with E-state index in [1.54, 1.807) is 13.3 Å². The van der Waals surface area contributed by atoms with Gasteiger partial charge in [0.1, 0.15) is 6.61 Å². The van der Waals surface area contributed by atoms with E-state index in [2.05, 4.69) is 59.2 Å². The Morgan fingerprint density at radius 2 is 1.95 bits per heavy atom. The van der Waals surface area contributed by atoms with Crippen molar-refractivity contribution in [3.63, 3.8) is 0 Å². The molecule has 1 unspecified atom stereocenters. The summed E-state index contributed by atoms with van der Waals surface area (Å²) in [5.74, 6) is 3.79. The molecule has 0 aliphatic heterocycles. The molecule has 5 heteroatoms. The Bertz CT molecular complexity index is 1430. The van der Waals surface area contributed by atoms with Gasteiger partial charge in [-0.1, -0.05) is 25.1 Å². The molecule has 0 saturated heterocycles. The van der Waals surface area contributed by atoms with Crippen molar-refractivity contribution in [2.75, 3.05) is 7.11 Å². The quantitative estimate of drug-likeness (QED) is 0.297. The molecule has 2 saturated carbocycles. The zero-order chi connectivity index (χ0) is 25.0. The number of benzene rings is 2. The van der Waals surface area contributed by atoms with E-state index >= 15 is 0 Å². The maximum Gasteiger partial charge on any atom is 0.161 e. The number of para-hydroxylation sites is 2. The predicted octanol–water partition coefficient (Wildman–Crippen LogP) is 7.12. The van der Waals surface area contributed by atoms with Crippen LogP contribution < -0.4 is 9.47 Å². The Morgan fingerprint density at radius 3 is 2.81 bits per heavy atom. The van der Waals surface area contributed by atoms with Crippen LogP contribution in [-0.2, 0) is 13.0 Å². The van der Waals surface area contributed by atoms with Crippen LogP contribution in [0, 0.1) is 17.3 Å². The normalized spacial score (nSPS) is 28.4. The second-order valence-electron chi connectivity index (χ2n) is 11.5. The number of aromatic nitrogens is 3. The molecule has 0 radical (unpaired) electrons. The number of hydrogen-bond acceptors (Lipinski definition) is 4. The SMILES string of the molecule is COc1cc2c(cc1OCc1cccnc1)CC[C@@H]1[C@@H]2CC[C@]2(C)C(n3cnc4ccccc43)CC[C@@H]12. The fraction of sp³-hybridized carbons (Fsp3) is 0.438. The Balaban J connectivity index is 1.16. The molecule has 2 fully saturated rings. The summed E-state index contributed by atoms with van der Waals surface area (Å²) < 4.78 is 14.6. The number of aryl methyl sites for hydroxylation is 1. The minimum atomic E-state index is 0.318. The summed E-state index contributed by atoms with van der Waals surface area (Å²) in [6, 6.07) is 17.7. The molecule has 0 spiro atoms. The smallest absolute Gasteiger partial charge is 0.161 e. The summed E-state index contributed by atoms with van der Waals surface area (Å²) in [6.07, 6.45) is 13.2. The highest BCUT2D eigenvalue weighted by molar-refractivity contribution is 5.75. The summed E-state index contributed by atoms with van der Waals surface area (Å²) in [5.41, 5.74) is 6.73. The van der Waals surface area contributed by atoms with Crippen molar-refractivity contribution in [2.24, 2.45) is 17.3 Å². The van der Waals surface area contributed by atoms with E-state index in [1.165, 1.54) is 48.7 Å². The molecule has 0 bridgehead atoms. The van der Waals surface area contributed by atoms with Gasteiger partial charge in [0.25, 0.3) is 0 Å². The molecule has 37 heavy (non-hydrogen) atoms. The average molecular weight is 494 g/mol. The van der Waals surface area contributed by atoms with Gasteiger partial charge in [-0.25, -0.2) is 4.98 Å². The van der Waals surface area contributed by atoms with Gasteiger partial charge in [-0.2, -0.15) is 0 Å². The number of rotatable bonds is 5. The molecule has 3 aliphatic carbocycles. The maximum absolute atomic E-state index is 6.22. The molecule has 2 aromatic carbocycles. The van der Waals surface area contributed by atoms with Crippen molar-refractivity contribution in [2.45, 2.75) is 64.0 Å². The molecular formula is C32H35N3O2. The van der Waals surface area contributed by atoms with Crippen molar-refractivity contribution < 1.29 is 9.47 Å². The number of nitrogens with zero attached hydrogens (tertiary/aromatic N) is 3. The van der Waals surface area contributed by atoms with E-state index in [9.17, 15) is 0 Å². The highest BCUT2D eigenvalue weighted by atomic mass is 16.5. The molecule has 5 atom stereocenters. The fourth-order valence-electron chi connectivity index (χ4n) is 8.15. The van der Waals surface area contributed by atoms with Crippen LogP contribution in [0.15, 0.2) is 67.3 Å². The fourth-order valence-corrected chi connectivity index (χ4v) is 8.15. The molecule has 4 aromatic rings. The topological polar surface area (TPSA) is 49.2 Å². The largest absolute Gasteiger partial charge is 0.493 e. The molecule has 0 N–H and O–H groups in total. The van der Waals surface area contributed by atoms with E-state index in [0.717, 1.165) is 40.8 Å². The molecule has 7 rings (SSSR count). The van der Waals surface area contributed by atoms with Crippen LogP contribution in [0.25, 0.3) is 11.0 Å². The highest BCUT2D eigenvalue weighted by Crippen LogP contribution is 2.64. The molecular weight excluding hydrogens is 458 g/mol. The van der Waals surface area contributed by atoms with Crippen LogP contribution in [0.3, 0.4) is 0 Å². The first-order chi connectivity index (χ1) is 18.2. The first-order valence-corrected chi connectivity index (χ1v) is 13.8. The van der Waals surface area contributed by atoms with Crippen molar-refractivity contribution in [1.82, 2.24) is 14.5 Å². The third-order valence-corrected chi connectivity index (χ3v) is 9.89. The summed E-state index contributed by atoms with van der Waals surface area (Å²) in [5, 5.41) is 0. The van der Waals surface area contributed by atoms with Gasteiger partial charge >= 0.3 is 0 Å². The summed E-state index contributed by atoms with van der Waals surface area (Å²) >= 11 is 0. The van der Waals surface area contributed by atoms with Crippen LogP contribution in [0.2, 0.25) is 0 Å². The van der Waals surface area contributed by atoms with E-state index in [-0.39, 0.29) is 0 Å². The van der Waals surface area contributed by atoms with E-state index < -0.39 is 0 Å². The lowest BCUT2D eigenvalue weighted by Gasteiger charge is -2.51. The third-order valence-electron chi connectivity index (χ3n) is 9.89. The number of hydrogen-bond donors (Lipinski definition) is 0. The van der Waals surface area contributed by atoms with Crippen molar-refractivity contribution in [1.29, 1.82) is 0 Å². The minimum absolute atomic E-state index is 0.318. The van der Waals surface area contributed by atoms with Gasteiger partial charge in [-0.15, -0.1) is 0 Å². The lowest BCUT2D eigenvalue weighted by atomic mass is 9.55. The lowest BCUT2D eigenvalue weighted by Crippen LogP contribution is -2.42. The van der Waals surface area contributed by atoms with Crippen molar-refractivity contribution in [3.05, 3.63) is 83.9 Å². The van der Waals surface area contributed by atoms with E-state index in [4.69, 9.17) is 14.5 Å². The van der Waals surface area contributed by atoms with Gasteiger partial charge in [0.2, 0.25) is 0 Å². The van der Waals surface area contributed by atoms with Gasteiger partial charge in [-0.05, 0) is 103 Å². The summed E-state index contributed by atoms with van der Waals surface area (Å²) in [4.78, 5) is 8.95. The first-order valence-electron chi connectivity index (χ1n) is 13.8. The standard InChI is InChI=1S/C32H35N3O2/c1-32-14-13-23-24(26(32)11-12-31(32)35-20-34-27-7-3-4-8-28(27)35)10-9-22-16-30(29(36-2)17-25(22)23)37-19-21-6-5-15-33-18-21/h3-8,15-18,20,23-24,26,31H,9-14,19H2,1-2H3/t23-,24+,26-,31?,32-/m0/s1. The number of fused-ring (bicyclic) bond motifs is 6. The molecule has 2 aromatic heterocycles. The lowest BCUT2D eigenvalue weighted by molar-refractivity contribution is 0.0330. The summed E-state index contributed by atoms with van der Waals surface area (Å²) in [6.45, 7) is 3.07. The van der Waals surface area contributed by atoms with E-state index in [1.807, 2.05) is 18.3 Å². The van der Waals surface area contributed by atoms with E-state index in [0.29, 0.717) is 24.0 Å². The van der Waals surface area contributed by atoms with Crippen LogP contribution in [0.1, 0.15) is 67.7 Å². The summed E-state index contributed by atoms with van der Waals surface area (Å²) in [7, 11) is 1.76. The Hall–Kier alpha value is -3.34. The van der Waals surface area contributed by atoms with Gasteiger partial charge in [0.15, 0.2) is 11.5 Å². The van der Waals surface area contributed by atoms with Crippen LogP contribution >= 0.6 is 0 Å². The minimum Gasteiger partial charge on any atom is -0.493 e. The van der Waals surface area contributed by atoms with Gasteiger partial charge in [0.05, 0.1) is 24.5 Å². The number of imidazole rings is 1. The van der Waals surface area contributed by atoms with Crippen molar-refractivity contribution >= 4 is 11.0 Å². The molecule has 3 aliphatic rings. The molecule has 5 nitrogen and oxygen atoms in total. The maximum atomic E-state index is 6.22. The second kappa shape index (κ2) is 8.90. The number of ether oxygens (including phenoxy) is 2. The van der Waals surface area contributed by atoms with Crippen LogP contribution in [0.4, 0.5) is 0 Å². The number of methoxy groups -OCH3 is 1. The Morgan fingerprint density at radius 1 is 1.03 bits per heavy atom. The first kappa shape index (κ1) is 22.8. The number of pyridine rings is 1. The van der Waals surface area contributed by atoms with Crippen LogP contribution in [0.5, 0.6) is 11.5 Å². The Labute approximate surface area is 218 Å². The zero-order valence-corrected chi connectivity index (χ0v) is 21.8. The zero-order valence-electron chi connectivity index (χ0n) is 21.8. The van der Waals surface area contributed by atoms with Crippen molar-refractivity contribution in [3.8, 4) is 11.5 Å². The van der Waals surface area contributed by atoms with Gasteiger partial charge < -0.3 is 14.0 Å².